The van der Waals surface area contributed by atoms with Crippen LogP contribution >= 0.6 is 11.6 Å². The van der Waals surface area contributed by atoms with Crippen molar-refractivity contribution in [2.24, 2.45) is 0 Å². The van der Waals surface area contributed by atoms with Crippen LogP contribution in [0.5, 0.6) is 0 Å². The summed E-state index contributed by atoms with van der Waals surface area (Å²) in [6.45, 7) is 5.47. The highest BCUT2D eigenvalue weighted by Gasteiger charge is 2.51. The Morgan fingerprint density at radius 3 is 2.67 bits per heavy atom. The van der Waals surface area contributed by atoms with Crippen LogP contribution in [0.4, 0.5) is 0 Å². The second kappa shape index (κ2) is 5.98. The number of rotatable bonds is 4. The van der Waals surface area contributed by atoms with Gasteiger partial charge >= 0.3 is 0 Å². The van der Waals surface area contributed by atoms with E-state index in [-0.39, 0.29) is 11.3 Å². The molecular weight excluding hydrogens is 284 g/mol. The van der Waals surface area contributed by atoms with E-state index in [1.807, 2.05) is 24.3 Å². The van der Waals surface area contributed by atoms with E-state index in [2.05, 4.69) is 17.1 Å². The highest BCUT2D eigenvalue weighted by Crippen LogP contribution is 2.49. The van der Waals surface area contributed by atoms with Crippen molar-refractivity contribution in [2.75, 3.05) is 19.6 Å². The molecule has 2 aliphatic rings. The van der Waals surface area contributed by atoms with Crippen molar-refractivity contribution in [2.45, 2.75) is 44.1 Å². The monoisotopic (exact) mass is 306 g/mol. The van der Waals surface area contributed by atoms with Gasteiger partial charge in [0.25, 0.3) is 0 Å². The number of nitrogens with zero attached hydrogens (tertiary/aromatic N) is 1. The molecule has 0 radical (unpaired) electrons. The molecule has 1 aliphatic heterocycles. The molecule has 1 amide bonds. The Labute approximate surface area is 131 Å². The largest absolute Gasteiger partial charge is 0.353 e. The summed E-state index contributed by atoms with van der Waals surface area (Å²) in [7, 11) is 0. The molecule has 0 unspecified atom stereocenters. The van der Waals surface area contributed by atoms with E-state index in [4.69, 9.17) is 11.6 Å². The maximum absolute atomic E-state index is 12.7. The molecule has 3 nitrogen and oxygen atoms in total. The minimum atomic E-state index is -0.313. The Hall–Kier alpha value is -1.06. The van der Waals surface area contributed by atoms with Crippen LogP contribution in [-0.2, 0) is 10.2 Å². The third-order valence-electron chi connectivity index (χ3n) is 4.93. The number of hydrogen-bond acceptors (Lipinski definition) is 2. The van der Waals surface area contributed by atoms with E-state index in [0.29, 0.717) is 11.1 Å². The number of hydrogen-bond donors (Lipinski definition) is 1. The number of halogens is 1. The topological polar surface area (TPSA) is 32.3 Å². The lowest BCUT2D eigenvalue weighted by Gasteiger charge is -2.32. The predicted octanol–water partition coefficient (Wildman–Crippen LogP) is 2.97. The first-order chi connectivity index (χ1) is 10.1. The van der Waals surface area contributed by atoms with Crippen LogP contribution in [0, 0.1) is 0 Å². The van der Waals surface area contributed by atoms with Crippen molar-refractivity contribution in [3.05, 3.63) is 34.9 Å². The number of benzene rings is 1. The number of piperidine rings is 1. The smallest absolute Gasteiger partial charge is 0.230 e. The number of nitrogens with one attached hydrogen (secondary N) is 1. The molecule has 0 bridgehead atoms. The van der Waals surface area contributed by atoms with Gasteiger partial charge in [-0.3, -0.25) is 4.79 Å². The van der Waals surface area contributed by atoms with E-state index < -0.39 is 0 Å². The molecule has 1 heterocycles. The Balaban J connectivity index is 1.63. The molecule has 1 saturated carbocycles. The van der Waals surface area contributed by atoms with Gasteiger partial charge in [-0.25, -0.2) is 0 Å². The molecule has 2 fully saturated rings. The van der Waals surface area contributed by atoms with Crippen LogP contribution in [0.2, 0.25) is 5.02 Å². The van der Waals surface area contributed by atoms with Crippen LogP contribution < -0.4 is 5.32 Å². The Kier molecular flexibility index (Phi) is 4.23. The van der Waals surface area contributed by atoms with Crippen LogP contribution in [-0.4, -0.2) is 36.5 Å². The van der Waals surface area contributed by atoms with Crippen molar-refractivity contribution >= 4 is 17.5 Å². The molecule has 4 heteroatoms. The van der Waals surface area contributed by atoms with E-state index in [0.717, 1.165) is 50.9 Å². The number of likely N-dealkylation sites (tertiary alicyclic amines) is 1. The predicted molar refractivity (Wildman–Crippen MR) is 85.6 cm³/mol. The number of carbonyl (C=O) groups excluding carboxylic acids is 1. The second-order valence-corrected chi connectivity index (χ2v) is 6.71. The average molecular weight is 307 g/mol. The molecule has 114 valence electrons. The molecule has 0 spiro atoms. The van der Waals surface area contributed by atoms with Gasteiger partial charge in [0.2, 0.25) is 5.91 Å². The lowest BCUT2D eigenvalue weighted by molar-refractivity contribution is -0.124. The van der Waals surface area contributed by atoms with Gasteiger partial charge in [-0.2, -0.15) is 0 Å². The average Bonchev–Trinajstić information content (AvgIpc) is 3.30. The Morgan fingerprint density at radius 1 is 1.38 bits per heavy atom. The molecule has 1 aromatic rings. The standard InChI is InChI=1S/C17H23ClN2O/c1-2-20-10-6-15(7-11-20)19-16(21)17(8-9-17)13-4-3-5-14(18)12-13/h3-5,12,15H,2,6-11H2,1H3,(H,19,21). The van der Waals surface area contributed by atoms with Gasteiger partial charge in [0.1, 0.15) is 0 Å². The third-order valence-corrected chi connectivity index (χ3v) is 5.17. The minimum absolute atomic E-state index is 0.194. The van der Waals surface area contributed by atoms with Crippen molar-refractivity contribution in [3.8, 4) is 0 Å². The molecule has 0 aromatic heterocycles. The summed E-state index contributed by atoms with van der Waals surface area (Å²) < 4.78 is 0. The first kappa shape index (κ1) is 14.9. The fourth-order valence-electron chi connectivity index (χ4n) is 3.28. The van der Waals surface area contributed by atoms with Crippen molar-refractivity contribution in [3.63, 3.8) is 0 Å². The zero-order chi connectivity index (χ0) is 14.9. The van der Waals surface area contributed by atoms with Gasteiger partial charge in [0.05, 0.1) is 5.41 Å². The molecule has 3 rings (SSSR count). The molecule has 1 aliphatic carbocycles. The fraction of sp³-hybridized carbons (Fsp3) is 0.588. The van der Waals surface area contributed by atoms with Gasteiger partial charge in [-0.15, -0.1) is 0 Å². The lowest BCUT2D eigenvalue weighted by atomic mass is 9.94. The maximum atomic E-state index is 12.7. The number of amides is 1. The van der Waals surface area contributed by atoms with Crippen LogP contribution in [0.3, 0.4) is 0 Å². The van der Waals surface area contributed by atoms with E-state index in [1.165, 1.54) is 0 Å². The molecule has 0 atom stereocenters. The summed E-state index contributed by atoms with van der Waals surface area (Å²) >= 11 is 6.07. The summed E-state index contributed by atoms with van der Waals surface area (Å²) in [5.41, 5.74) is 0.755. The van der Waals surface area contributed by atoms with E-state index in [9.17, 15) is 4.79 Å². The highest BCUT2D eigenvalue weighted by atomic mass is 35.5. The lowest BCUT2D eigenvalue weighted by Crippen LogP contribution is -2.47. The number of carbonyl (C=O) groups is 1. The molecule has 1 saturated heterocycles. The Bertz CT molecular complexity index is 519. The Morgan fingerprint density at radius 2 is 2.10 bits per heavy atom. The van der Waals surface area contributed by atoms with E-state index in [1.54, 1.807) is 0 Å². The van der Waals surface area contributed by atoms with Gasteiger partial charge in [0, 0.05) is 24.2 Å². The first-order valence-electron chi connectivity index (χ1n) is 7.93. The highest BCUT2D eigenvalue weighted by molar-refractivity contribution is 6.30. The van der Waals surface area contributed by atoms with Crippen LogP contribution in [0.1, 0.15) is 38.2 Å². The SMILES string of the molecule is CCN1CCC(NC(=O)C2(c3cccc(Cl)c3)CC2)CC1. The molecule has 21 heavy (non-hydrogen) atoms. The summed E-state index contributed by atoms with van der Waals surface area (Å²) in [6.07, 6.45) is 4.00. The van der Waals surface area contributed by atoms with Gasteiger partial charge in [-0.05, 0) is 49.9 Å². The van der Waals surface area contributed by atoms with E-state index >= 15 is 0 Å². The maximum Gasteiger partial charge on any atom is 0.230 e. The summed E-state index contributed by atoms with van der Waals surface area (Å²) in [5.74, 6) is 0.194. The first-order valence-corrected chi connectivity index (χ1v) is 8.31. The summed E-state index contributed by atoms with van der Waals surface area (Å²) in [4.78, 5) is 15.1. The van der Waals surface area contributed by atoms with Gasteiger partial charge < -0.3 is 10.2 Å². The zero-order valence-corrected chi connectivity index (χ0v) is 13.3. The van der Waals surface area contributed by atoms with Crippen molar-refractivity contribution in [1.82, 2.24) is 10.2 Å². The van der Waals surface area contributed by atoms with Crippen molar-refractivity contribution < 1.29 is 4.79 Å². The molecule has 1 N–H and O–H groups in total. The van der Waals surface area contributed by atoms with Gasteiger partial charge in [-0.1, -0.05) is 30.7 Å². The fourth-order valence-corrected chi connectivity index (χ4v) is 3.47. The summed E-state index contributed by atoms with van der Waals surface area (Å²) in [6, 6.07) is 8.09. The quantitative estimate of drug-likeness (QED) is 0.927. The van der Waals surface area contributed by atoms with Crippen LogP contribution in [0.15, 0.2) is 24.3 Å². The van der Waals surface area contributed by atoms with Crippen LogP contribution in [0.25, 0.3) is 0 Å². The summed E-state index contributed by atoms with van der Waals surface area (Å²) in [5, 5.41) is 3.99. The minimum Gasteiger partial charge on any atom is -0.353 e. The second-order valence-electron chi connectivity index (χ2n) is 6.27. The third kappa shape index (κ3) is 3.09. The normalized spacial score (nSPS) is 22.0. The van der Waals surface area contributed by atoms with Crippen molar-refractivity contribution in [1.29, 1.82) is 0 Å². The molecule has 1 aromatic carbocycles. The zero-order valence-electron chi connectivity index (χ0n) is 12.6. The molecular formula is C17H23ClN2O. The van der Waals surface area contributed by atoms with Gasteiger partial charge in [0.15, 0.2) is 0 Å².